The van der Waals surface area contributed by atoms with Crippen LogP contribution in [0.25, 0.3) is 0 Å². The summed E-state index contributed by atoms with van der Waals surface area (Å²) in [5, 5.41) is 11.7. The van der Waals surface area contributed by atoms with Crippen LogP contribution in [-0.4, -0.2) is 24.7 Å². The third-order valence-corrected chi connectivity index (χ3v) is 1.70. The van der Waals surface area contributed by atoms with Gasteiger partial charge >= 0.3 is 0 Å². The molecule has 0 unspecified atom stereocenters. The van der Waals surface area contributed by atoms with E-state index in [1.165, 1.54) is 0 Å². The van der Waals surface area contributed by atoms with Crippen molar-refractivity contribution in [2.45, 2.75) is 13.0 Å². The standard InChI is InChI=1S/C10H13N3O/c1-8(7-14-2)13-10-4-3-9(5-11)6-12-10/h3-4,6,8H,7H2,1-2H3,(H,12,13)/t8-/m1/s1. The predicted octanol–water partition coefficient (Wildman–Crippen LogP) is 1.40. The van der Waals surface area contributed by atoms with Crippen LogP contribution < -0.4 is 5.32 Å². The number of pyridine rings is 1. The zero-order valence-electron chi connectivity index (χ0n) is 8.32. The predicted molar refractivity (Wildman–Crippen MR) is 53.9 cm³/mol. The summed E-state index contributed by atoms with van der Waals surface area (Å²) < 4.78 is 4.98. The molecule has 0 spiro atoms. The molecule has 0 amide bonds. The number of hydrogen-bond acceptors (Lipinski definition) is 4. The second-order valence-corrected chi connectivity index (χ2v) is 3.04. The minimum atomic E-state index is 0.209. The summed E-state index contributed by atoms with van der Waals surface area (Å²) in [5.41, 5.74) is 0.565. The summed E-state index contributed by atoms with van der Waals surface area (Å²) in [7, 11) is 1.66. The Morgan fingerprint density at radius 1 is 1.64 bits per heavy atom. The Labute approximate surface area is 83.5 Å². The molecule has 0 aromatic carbocycles. The monoisotopic (exact) mass is 191 g/mol. The molecule has 1 aromatic heterocycles. The summed E-state index contributed by atoms with van der Waals surface area (Å²) in [6, 6.07) is 5.74. The van der Waals surface area contributed by atoms with Crippen LogP contribution >= 0.6 is 0 Å². The van der Waals surface area contributed by atoms with Crippen LogP contribution in [0.2, 0.25) is 0 Å². The molecule has 1 aromatic rings. The fourth-order valence-electron chi connectivity index (χ4n) is 1.09. The first-order chi connectivity index (χ1) is 6.76. The minimum absolute atomic E-state index is 0.209. The maximum absolute atomic E-state index is 8.56. The SMILES string of the molecule is COC[C@@H](C)Nc1ccc(C#N)cn1. The molecule has 14 heavy (non-hydrogen) atoms. The smallest absolute Gasteiger partial charge is 0.126 e. The molecule has 0 fully saturated rings. The first kappa shape index (κ1) is 10.5. The van der Waals surface area contributed by atoms with Gasteiger partial charge in [-0.05, 0) is 19.1 Å². The molecule has 0 radical (unpaired) electrons. The quantitative estimate of drug-likeness (QED) is 0.781. The van der Waals surface area contributed by atoms with Gasteiger partial charge in [-0.1, -0.05) is 0 Å². The number of rotatable bonds is 4. The Morgan fingerprint density at radius 2 is 2.43 bits per heavy atom. The van der Waals surface area contributed by atoms with Crippen LogP contribution in [0.15, 0.2) is 18.3 Å². The van der Waals surface area contributed by atoms with E-state index in [0.717, 1.165) is 5.82 Å². The number of nitrogens with zero attached hydrogens (tertiary/aromatic N) is 2. The van der Waals surface area contributed by atoms with Crippen molar-refractivity contribution in [2.24, 2.45) is 0 Å². The van der Waals surface area contributed by atoms with Gasteiger partial charge in [-0.25, -0.2) is 4.98 Å². The lowest BCUT2D eigenvalue weighted by atomic mass is 10.3. The van der Waals surface area contributed by atoms with Crippen LogP contribution in [0, 0.1) is 11.3 Å². The molecular weight excluding hydrogens is 178 g/mol. The van der Waals surface area contributed by atoms with E-state index in [2.05, 4.69) is 10.3 Å². The molecule has 1 N–H and O–H groups in total. The van der Waals surface area contributed by atoms with E-state index >= 15 is 0 Å². The van der Waals surface area contributed by atoms with Gasteiger partial charge in [-0.3, -0.25) is 0 Å². The summed E-state index contributed by atoms with van der Waals surface area (Å²) in [5.74, 6) is 0.758. The van der Waals surface area contributed by atoms with Crippen molar-refractivity contribution in [1.29, 1.82) is 5.26 Å². The zero-order chi connectivity index (χ0) is 10.4. The van der Waals surface area contributed by atoms with E-state index in [-0.39, 0.29) is 6.04 Å². The van der Waals surface area contributed by atoms with E-state index in [0.29, 0.717) is 12.2 Å². The number of ether oxygens (including phenoxy) is 1. The van der Waals surface area contributed by atoms with Gasteiger partial charge in [0.25, 0.3) is 0 Å². The van der Waals surface area contributed by atoms with Gasteiger partial charge in [0.05, 0.1) is 12.2 Å². The topological polar surface area (TPSA) is 57.9 Å². The highest BCUT2D eigenvalue weighted by molar-refractivity contribution is 5.39. The van der Waals surface area contributed by atoms with Crippen molar-refractivity contribution in [1.82, 2.24) is 4.98 Å². The van der Waals surface area contributed by atoms with Crippen LogP contribution in [0.1, 0.15) is 12.5 Å². The Balaban J connectivity index is 2.56. The third-order valence-electron chi connectivity index (χ3n) is 1.70. The Hall–Kier alpha value is -1.60. The Morgan fingerprint density at radius 3 is 2.93 bits per heavy atom. The largest absolute Gasteiger partial charge is 0.383 e. The van der Waals surface area contributed by atoms with Gasteiger partial charge in [0.15, 0.2) is 0 Å². The van der Waals surface area contributed by atoms with Crippen molar-refractivity contribution in [2.75, 3.05) is 19.0 Å². The number of aromatic nitrogens is 1. The zero-order valence-corrected chi connectivity index (χ0v) is 8.32. The summed E-state index contributed by atoms with van der Waals surface area (Å²) in [4.78, 5) is 4.08. The second kappa shape index (κ2) is 5.20. The van der Waals surface area contributed by atoms with E-state index in [1.807, 2.05) is 13.0 Å². The van der Waals surface area contributed by atoms with E-state index in [4.69, 9.17) is 10.00 Å². The third kappa shape index (κ3) is 3.04. The van der Waals surface area contributed by atoms with E-state index < -0.39 is 0 Å². The Kier molecular flexibility index (Phi) is 3.89. The van der Waals surface area contributed by atoms with Gasteiger partial charge < -0.3 is 10.1 Å². The van der Waals surface area contributed by atoms with Crippen LogP contribution in [0.5, 0.6) is 0 Å². The Bertz CT molecular complexity index is 315. The minimum Gasteiger partial charge on any atom is -0.383 e. The fourth-order valence-corrected chi connectivity index (χ4v) is 1.09. The summed E-state index contributed by atoms with van der Waals surface area (Å²) in [6.45, 7) is 2.63. The van der Waals surface area contributed by atoms with Gasteiger partial charge in [-0.15, -0.1) is 0 Å². The highest BCUT2D eigenvalue weighted by Crippen LogP contribution is 2.05. The van der Waals surface area contributed by atoms with Gasteiger partial charge in [-0.2, -0.15) is 5.26 Å². The normalized spacial score (nSPS) is 11.8. The van der Waals surface area contributed by atoms with E-state index in [1.54, 1.807) is 25.4 Å². The maximum atomic E-state index is 8.56. The number of hydrogen-bond donors (Lipinski definition) is 1. The molecule has 4 nitrogen and oxygen atoms in total. The van der Waals surface area contributed by atoms with Crippen molar-refractivity contribution in [3.8, 4) is 6.07 Å². The van der Waals surface area contributed by atoms with Crippen LogP contribution in [0.4, 0.5) is 5.82 Å². The molecule has 74 valence electrons. The maximum Gasteiger partial charge on any atom is 0.126 e. The van der Waals surface area contributed by atoms with E-state index in [9.17, 15) is 0 Å². The lowest BCUT2D eigenvalue weighted by Crippen LogP contribution is -2.21. The lowest BCUT2D eigenvalue weighted by Gasteiger charge is -2.12. The number of nitriles is 1. The number of nitrogens with one attached hydrogen (secondary N) is 1. The van der Waals surface area contributed by atoms with Gasteiger partial charge in [0.2, 0.25) is 0 Å². The highest BCUT2D eigenvalue weighted by atomic mass is 16.5. The average molecular weight is 191 g/mol. The fraction of sp³-hybridized carbons (Fsp3) is 0.400. The molecule has 1 rings (SSSR count). The van der Waals surface area contributed by atoms with Crippen LogP contribution in [-0.2, 0) is 4.74 Å². The molecule has 1 atom stereocenters. The molecule has 0 aliphatic carbocycles. The molecule has 0 aliphatic heterocycles. The molecule has 1 heterocycles. The van der Waals surface area contributed by atoms with Crippen molar-refractivity contribution in [3.05, 3.63) is 23.9 Å². The molecular formula is C10H13N3O. The molecule has 0 bridgehead atoms. The molecule has 0 aliphatic rings. The lowest BCUT2D eigenvalue weighted by molar-refractivity contribution is 0.190. The number of anilines is 1. The van der Waals surface area contributed by atoms with Crippen LogP contribution in [0.3, 0.4) is 0 Å². The summed E-state index contributed by atoms with van der Waals surface area (Å²) >= 11 is 0. The van der Waals surface area contributed by atoms with Gasteiger partial charge in [0, 0.05) is 19.3 Å². The van der Waals surface area contributed by atoms with Crippen molar-refractivity contribution < 1.29 is 4.74 Å². The highest BCUT2D eigenvalue weighted by Gasteiger charge is 2.01. The second-order valence-electron chi connectivity index (χ2n) is 3.04. The summed E-state index contributed by atoms with van der Waals surface area (Å²) in [6.07, 6.45) is 1.54. The average Bonchev–Trinajstić information content (AvgIpc) is 2.19. The first-order valence-electron chi connectivity index (χ1n) is 4.38. The first-order valence-corrected chi connectivity index (χ1v) is 4.38. The molecule has 4 heteroatoms. The number of methoxy groups -OCH3 is 1. The molecule has 0 saturated carbocycles. The van der Waals surface area contributed by atoms with Gasteiger partial charge in [0.1, 0.15) is 11.9 Å². The molecule has 0 saturated heterocycles. The van der Waals surface area contributed by atoms with Crippen molar-refractivity contribution in [3.63, 3.8) is 0 Å². The van der Waals surface area contributed by atoms with Crippen molar-refractivity contribution >= 4 is 5.82 Å².